The van der Waals surface area contributed by atoms with E-state index in [1.807, 2.05) is 11.3 Å². The van der Waals surface area contributed by atoms with Crippen molar-refractivity contribution >= 4 is 11.3 Å². The third kappa shape index (κ3) is 2.61. The number of hydrogen-bond acceptors (Lipinski definition) is 2. The second kappa shape index (κ2) is 5.13. The van der Waals surface area contributed by atoms with Gasteiger partial charge in [0.2, 0.25) is 0 Å². The van der Waals surface area contributed by atoms with Gasteiger partial charge in [0.1, 0.15) is 0 Å². The highest BCUT2D eigenvalue weighted by atomic mass is 32.1. The van der Waals surface area contributed by atoms with Crippen LogP contribution in [-0.4, -0.2) is 7.05 Å². The van der Waals surface area contributed by atoms with Crippen LogP contribution in [0.4, 0.5) is 0 Å². The molecule has 0 amide bonds. The Labute approximate surface area is 96.9 Å². The van der Waals surface area contributed by atoms with Crippen molar-refractivity contribution in [1.82, 2.24) is 5.32 Å². The van der Waals surface area contributed by atoms with Crippen LogP contribution in [0.1, 0.15) is 48.4 Å². The first kappa shape index (κ1) is 11.2. The lowest BCUT2D eigenvalue weighted by Crippen LogP contribution is -2.22. The SMILES string of the molecule is CCc1ccc(C(CC2CCC2)NC)s1. The summed E-state index contributed by atoms with van der Waals surface area (Å²) in [4.78, 5) is 3.04. The van der Waals surface area contributed by atoms with Crippen molar-refractivity contribution in [1.29, 1.82) is 0 Å². The van der Waals surface area contributed by atoms with Crippen molar-refractivity contribution in [2.75, 3.05) is 7.05 Å². The Balaban J connectivity index is 1.97. The van der Waals surface area contributed by atoms with Gasteiger partial charge in [-0.15, -0.1) is 11.3 Å². The Kier molecular flexibility index (Phi) is 3.81. The smallest absolute Gasteiger partial charge is 0.0415 e. The van der Waals surface area contributed by atoms with E-state index in [0.717, 1.165) is 5.92 Å². The summed E-state index contributed by atoms with van der Waals surface area (Å²) in [6.45, 7) is 2.23. The molecule has 1 aliphatic rings. The summed E-state index contributed by atoms with van der Waals surface area (Å²) in [5.74, 6) is 0.981. The van der Waals surface area contributed by atoms with Crippen LogP contribution in [0, 0.1) is 5.92 Å². The molecule has 2 rings (SSSR count). The highest BCUT2D eigenvalue weighted by molar-refractivity contribution is 7.12. The quantitative estimate of drug-likeness (QED) is 0.801. The fourth-order valence-corrected chi connectivity index (χ4v) is 3.29. The third-order valence-electron chi connectivity index (χ3n) is 3.52. The van der Waals surface area contributed by atoms with Crippen LogP contribution in [0.3, 0.4) is 0 Å². The van der Waals surface area contributed by atoms with Gasteiger partial charge in [0.05, 0.1) is 0 Å². The monoisotopic (exact) mass is 223 g/mol. The summed E-state index contributed by atoms with van der Waals surface area (Å²) < 4.78 is 0. The van der Waals surface area contributed by atoms with E-state index in [-0.39, 0.29) is 0 Å². The molecule has 1 fully saturated rings. The van der Waals surface area contributed by atoms with Gasteiger partial charge in [0.25, 0.3) is 0 Å². The molecule has 1 saturated carbocycles. The molecule has 1 nitrogen and oxygen atoms in total. The van der Waals surface area contributed by atoms with Crippen molar-refractivity contribution < 1.29 is 0 Å². The number of hydrogen-bond donors (Lipinski definition) is 1. The van der Waals surface area contributed by atoms with Crippen LogP contribution >= 0.6 is 11.3 Å². The first-order valence-electron chi connectivity index (χ1n) is 6.09. The Morgan fingerprint density at radius 1 is 1.47 bits per heavy atom. The van der Waals surface area contributed by atoms with E-state index in [1.54, 1.807) is 0 Å². The van der Waals surface area contributed by atoms with E-state index in [2.05, 4.69) is 31.4 Å². The molecule has 1 heterocycles. The minimum absolute atomic E-state index is 0.598. The Morgan fingerprint density at radius 3 is 2.73 bits per heavy atom. The molecular formula is C13H21NS. The lowest BCUT2D eigenvalue weighted by Gasteiger charge is -2.29. The molecule has 84 valence electrons. The average Bonchev–Trinajstić information content (AvgIpc) is 2.65. The molecular weight excluding hydrogens is 202 g/mol. The maximum Gasteiger partial charge on any atom is 0.0415 e. The summed E-state index contributed by atoms with van der Waals surface area (Å²) in [6, 6.07) is 5.19. The molecule has 1 atom stereocenters. The van der Waals surface area contributed by atoms with Crippen molar-refractivity contribution in [3.63, 3.8) is 0 Å². The number of aryl methyl sites for hydroxylation is 1. The van der Waals surface area contributed by atoms with E-state index in [1.165, 1.54) is 41.9 Å². The van der Waals surface area contributed by atoms with Gasteiger partial charge in [0, 0.05) is 15.8 Å². The molecule has 1 aliphatic carbocycles. The minimum atomic E-state index is 0.598. The molecule has 1 unspecified atom stereocenters. The molecule has 0 saturated heterocycles. The van der Waals surface area contributed by atoms with Crippen molar-refractivity contribution in [3.8, 4) is 0 Å². The van der Waals surface area contributed by atoms with Gasteiger partial charge in [-0.3, -0.25) is 0 Å². The lowest BCUT2D eigenvalue weighted by molar-refractivity contribution is 0.267. The van der Waals surface area contributed by atoms with Crippen LogP contribution in [-0.2, 0) is 6.42 Å². The van der Waals surface area contributed by atoms with Crippen LogP contribution < -0.4 is 5.32 Å². The predicted molar refractivity (Wildman–Crippen MR) is 67.5 cm³/mol. The van der Waals surface area contributed by atoms with E-state index in [0.29, 0.717) is 6.04 Å². The second-order valence-corrected chi connectivity index (χ2v) is 5.73. The van der Waals surface area contributed by atoms with Crippen molar-refractivity contribution in [3.05, 3.63) is 21.9 Å². The van der Waals surface area contributed by atoms with Gasteiger partial charge in [0.15, 0.2) is 0 Å². The van der Waals surface area contributed by atoms with E-state index in [4.69, 9.17) is 0 Å². The van der Waals surface area contributed by atoms with E-state index >= 15 is 0 Å². The fraction of sp³-hybridized carbons (Fsp3) is 0.692. The number of thiophene rings is 1. The Morgan fingerprint density at radius 2 is 2.27 bits per heavy atom. The molecule has 0 aliphatic heterocycles. The minimum Gasteiger partial charge on any atom is -0.312 e. The second-order valence-electron chi connectivity index (χ2n) is 4.53. The molecule has 15 heavy (non-hydrogen) atoms. The zero-order valence-electron chi connectivity index (χ0n) is 9.75. The fourth-order valence-electron chi connectivity index (χ4n) is 2.21. The van der Waals surface area contributed by atoms with Gasteiger partial charge >= 0.3 is 0 Å². The highest BCUT2D eigenvalue weighted by Crippen LogP contribution is 2.36. The molecule has 1 N–H and O–H groups in total. The van der Waals surface area contributed by atoms with Crippen molar-refractivity contribution in [2.45, 2.75) is 45.1 Å². The van der Waals surface area contributed by atoms with E-state index in [9.17, 15) is 0 Å². The molecule has 1 aromatic heterocycles. The first-order valence-corrected chi connectivity index (χ1v) is 6.91. The first-order chi connectivity index (χ1) is 7.33. The largest absolute Gasteiger partial charge is 0.312 e. The van der Waals surface area contributed by atoms with Gasteiger partial charge in [-0.1, -0.05) is 26.2 Å². The topological polar surface area (TPSA) is 12.0 Å². The third-order valence-corrected chi connectivity index (χ3v) is 4.86. The number of rotatable bonds is 5. The van der Waals surface area contributed by atoms with Crippen LogP contribution in [0.25, 0.3) is 0 Å². The van der Waals surface area contributed by atoms with Crippen molar-refractivity contribution in [2.24, 2.45) is 5.92 Å². The summed E-state index contributed by atoms with van der Waals surface area (Å²) >= 11 is 1.98. The molecule has 0 aromatic carbocycles. The van der Waals surface area contributed by atoms with Crippen LogP contribution in [0.15, 0.2) is 12.1 Å². The molecule has 0 bridgehead atoms. The molecule has 0 spiro atoms. The zero-order chi connectivity index (χ0) is 10.7. The van der Waals surface area contributed by atoms with Gasteiger partial charge in [-0.05, 0) is 37.9 Å². The van der Waals surface area contributed by atoms with Crippen LogP contribution in [0.2, 0.25) is 0 Å². The van der Waals surface area contributed by atoms with Crippen LogP contribution in [0.5, 0.6) is 0 Å². The zero-order valence-corrected chi connectivity index (χ0v) is 10.6. The lowest BCUT2D eigenvalue weighted by atomic mass is 9.80. The summed E-state index contributed by atoms with van der Waals surface area (Å²) in [7, 11) is 2.09. The Bertz CT molecular complexity index is 301. The summed E-state index contributed by atoms with van der Waals surface area (Å²) in [5, 5.41) is 3.47. The standard InChI is InChI=1S/C13H21NS/c1-3-11-7-8-13(15-11)12(14-2)9-10-5-4-6-10/h7-8,10,12,14H,3-6,9H2,1-2H3. The van der Waals surface area contributed by atoms with Gasteiger partial charge < -0.3 is 5.32 Å². The Hall–Kier alpha value is -0.340. The predicted octanol–water partition coefficient (Wildman–Crippen LogP) is 3.76. The highest BCUT2D eigenvalue weighted by Gasteiger charge is 2.22. The van der Waals surface area contributed by atoms with Gasteiger partial charge in [-0.2, -0.15) is 0 Å². The molecule has 2 heteroatoms. The van der Waals surface area contributed by atoms with Gasteiger partial charge in [-0.25, -0.2) is 0 Å². The normalized spacial score (nSPS) is 18.8. The molecule has 0 radical (unpaired) electrons. The summed E-state index contributed by atoms with van der Waals surface area (Å²) in [6.07, 6.45) is 6.85. The maximum absolute atomic E-state index is 3.47. The average molecular weight is 223 g/mol. The maximum atomic E-state index is 3.47. The number of nitrogens with one attached hydrogen (secondary N) is 1. The molecule has 1 aromatic rings. The van der Waals surface area contributed by atoms with E-state index < -0.39 is 0 Å². The summed E-state index contributed by atoms with van der Waals surface area (Å²) in [5.41, 5.74) is 0.